The second kappa shape index (κ2) is 7.33. The van der Waals surface area contributed by atoms with Crippen LogP contribution < -0.4 is 10.6 Å². The lowest BCUT2D eigenvalue weighted by atomic mass is 10.1. The molecule has 1 aromatic carbocycles. The number of halogens is 1. The number of hydrogen-bond acceptors (Lipinski definition) is 2. The zero-order valence-corrected chi connectivity index (χ0v) is 13.5. The molecule has 112 valence electrons. The average Bonchev–Trinajstić information content (AvgIpc) is 2.93. The Morgan fingerprint density at radius 3 is 2.60 bits per heavy atom. The lowest BCUT2D eigenvalue weighted by Crippen LogP contribution is -2.35. The second-order valence-electron chi connectivity index (χ2n) is 6.29. The Labute approximate surface area is 128 Å². The van der Waals surface area contributed by atoms with Crippen LogP contribution in [0.25, 0.3) is 0 Å². The molecule has 2 rings (SSSR count). The number of nitrogens with two attached hydrogens (primary N) is 1. The maximum absolute atomic E-state index is 6.22. The summed E-state index contributed by atoms with van der Waals surface area (Å²) in [5.74, 6) is 0.722. The summed E-state index contributed by atoms with van der Waals surface area (Å²) in [5, 5.41) is 0.810. The first-order valence-electron chi connectivity index (χ1n) is 7.87. The highest BCUT2D eigenvalue weighted by atomic mass is 35.5. The molecule has 0 aromatic heterocycles. The van der Waals surface area contributed by atoms with Gasteiger partial charge in [0.05, 0.1) is 0 Å². The van der Waals surface area contributed by atoms with Crippen LogP contribution in [0.4, 0.5) is 5.69 Å². The molecule has 0 spiro atoms. The van der Waals surface area contributed by atoms with E-state index in [1.54, 1.807) is 0 Å². The molecule has 1 aliphatic carbocycles. The summed E-state index contributed by atoms with van der Waals surface area (Å²) in [5.41, 5.74) is 8.39. The fraction of sp³-hybridized carbons (Fsp3) is 0.647. The minimum absolute atomic E-state index is 0.581. The first-order chi connectivity index (χ1) is 9.61. The smallest absolute Gasteiger partial charge is 0.0429 e. The van der Waals surface area contributed by atoms with Gasteiger partial charge in [-0.05, 0) is 42.9 Å². The van der Waals surface area contributed by atoms with E-state index in [1.165, 1.54) is 43.4 Å². The van der Waals surface area contributed by atoms with Crippen LogP contribution >= 0.6 is 11.6 Å². The quantitative estimate of drug-likeness (QED) is 0.831. The Morgan fingerprint density at radius 1 is 1.30 bits per heavy atom. The predicted molar refractivity (Wildman–Crippen MR) is 88.4 cm³/mol. The van der Waals surface area contributed by atoms with Crippen LogP contribution in [-0.4, -0.2) is 12.6 Å². The number of rotatable bonds is 6. The molecule has 1 aromatic rings. The maximum atomic E-state index is 6.22. The summed E-state index contributed by atoms with van der Waals surface area (Å²) in [7, 11) is 0. The Morgan fingerprint density at radius 2 is 2.00 bits per heavy atom. The molecule has 0 bridgehead atoms. The standard InChI is InChI=1S/C17H27ClN2/c1-13(2)9-10-20(16-5-3-4-6-16)17-11-15(18)8-7-14(17)12-19/h7-8,11,13,16H,3-6,9-10,12,19H2,1-2H3. The van der Waals surface area contributed by atoms with E-state index in [0.717, 1.165) is 17.5 Å². The highest BCUT2D eigenvalue weighted by Gasteiger charge is 2.24. The normalized spacial score (nSPS) is 16.1. The third-order valence-electron chi connectivity index (χ3n) is 4.29. The molecule has 2 nitrogen and oxygen atoms in total. The molecule has 0 aliphatic heterocycles. The van der Waals surface area contributed by atoms with Gasteiger partial charge in [-0.25, -0.2) is 0 Å². The zero-order valence-electron chi connectivity index (χ0n) is 12.7. The van der Waals surface area contributed by atoms with Gasteiger partial charge < -0.3 is 10.6 Å². The van der Waals surface area contributed by atoms with Crippen molar-refractivity contribution < 1.29 is 0 Å². The first-order valence-corrected chi connectivity index (χ1v) is 8.24. The molecular weight excluding hydrogens is 268 g/mol. The van der Waals surface area contributed by atoms with E-state index in [0.29, 0.717) is 12.6 Å². The lowest BCUT2D eigenvalue weighted by molar-refractivity contribution is 0.527. The van der Waals surface area contributed by atoms with Gasteiger partial charge in [0.2, 0.25) is 0 Å². The zero-order chi connectivity index (χ0) is 14.5. The second-order valence-corrected chi connectivity index (χ2v) is 6.73. The first kappa shape index (κ1) is 15.7. The fourth-order valence-corrected chi connectivity index (χ4v) is 3.26. The van der Waals surface area contributed by atoms with Crippen molar-refractivity contribution in [3.63, 3.8) is 0 Å². The van der Waals surface area contributed by atoms with Crippen molar-refractivity contribution in [2.24, 2.45) is 11.7 Å². The molecule has 0 atom stereocenters. The molecule has 20 heavy (non-hydrogen) atoms. The lowest BCUT2D eigenvalue weighted by Gasteiger charge is -2.33. The van der Waals surface area contributed by atoms with E-state index in [-0.39, 0.29) is 0 Å². The summed E-state index contributed by atoms with van der Waals surface area (Å²) >= 11 is 6.22. The van der Waals surface area contributed by atoms with Gasteiger partial charge in [0.25, 0.3) is 0 Å². The third kappa shape index (κ3) is 3.89. The van der Waals surface area contributed by atoms with E-state index in [4.69, 9.17) is 17.3 Å². The highest BCUT2D eigenvalue weighted by Crippen LogP contribution is 2.32. The van der Waals surface area contributed by atoms with Crippen molar-refractivity contribution in [2.45, 2.75) is 58.5 Å². The SMILES string of the molecule is CC(C)CCN(c1cc(Cl)ccc1CN)C1CCCC1. The molecule has 0 amide bonds. The summed E-state index contributed by atoms with van der Waals surface area (Å²) in [6.07, 6.45) is 6.51. The van der Waals surface area contributed by atoms with Gasteiger partial charge in [-0.1, -0.05) is 44.4 Å². The maximum Gasteiger partial charge on any atom is 0.0429 e. The van der Waals surface area contributed by atoms with Crippen LogP contribution in [0.3, 0.4) is 0 Å². The van der Waals surface area contributed by atoms with Crippen LogP contribution in [0.2, 0.25) is 5.02 Å². The summed E-state index contributed by atoms with van der Waals surface area (Å²) in [4.78, 5) is 2.57. The number of hydrogen-bond donors (Lipinski definition) is 1. The Balaban J connectivity index is 2.26. The Hall–Kier alpha value is -0.730. The van der Waals surface area contributed by atoms with Crippen molar-refractivity contribution in [2.75, 3.05) is 11.4 Å². The van der Waals surface area contributed by atoms with Crippen LogP contribution in [-0.2, 0) is 6.54 Å². The summed E-state index contributed by atoms with van der Waals surface area (Å²) in [6, 6.07) is 6.79. The monoisotopic (exact) mass is 294 g/mol. The van der Waals surface area contributed by atoms with Gasteiger partial charge in [0.15, 0.2) is 0 Å². The highest BCUT2D eigenvalue weighted by molar-refractivity contribution is 6.30. The molecular formula is C17H27ClN2. The Bertz CT molecular complexity index is 425. The molecule has 0 unspecified atom stereocenters. The minimum atomic E-state index is 0.581. The van der Waals surface area contributed by atoms with E-state index in [2.05, 4.69) is 30.9 Å². The van der Waals surface area contributed by atoms with Gasteiger partial charge in [0, 0.05) is 29.8 Å². The molecule has 0 saturated heterocycles. The molecule has 1 saturated carbocycles. The van der Waals surface area contributed by atoms with E-state index in [1.807, 2.05) is 6.07 Å². The van der Waals surface area contributed by atoms with Crippen molar-refractivity contribution >= 4 is 17.3 Å². The van der Waals surface area contributed by atoms with Crippen LogP contribution in [0.15, 0.2) is 18.2 Å². The molecule has 0 heterocycles. The molecule has 3 heteroatoms. The third-order valence-corrected chi connectivity index (χ3v) is 4.52. The van der Waals surface area contributed by atoms with Crippen LogP contribution in [0.5, 0.6) is 0 Å². The molecule has 0 radical (unpaired) electrons. The van der Waals surface area contributed by atoms with Crippen molar-refractivity contribution in [1.29, 1.82) is 0 Å². The van der Waals surface area contributed by atoms with E-state index in [9.17, 15) is 0 Å². The summed E-state index contributed by atoms with van der Waals surface area (Å²) < 4.78 is 0. The average molecular weight is 295 g/mol. The number of benzene rings is 1. The van der Waals surface area contributed by atoms with Gasteiger partial charge >= 0.3 is 0 Å². The largest absolute Gasteiger partial charge is 0.368 e. The van der Waals surface area contributed by atoms with Crippen molar-refractivity contribution in [1.82, 2.24) is 0 Å². The van der Waals surface area contributed by atoms with Crippen LogP contribution in [0, 0.1) is 5.92 Å². The van der Waals surface area contributed by atoms with Crippen LogP contribution in [0.1, 0.15) is 51.5 Å². The molecule has 1 aliphatic rings. The fourth-order valence-electron chi connectivity index (χ4n) is 3.09. The van der Waals surface area contributed by atoms with Crippen molar-refractivity contribution in [3.8, 4) is 0 Å². The van der Waals surface area contributed by atoms with Gasteiger partial charge in [-0.3, -0.25) is 0 Å². The minimum Gasteiger partial charge on any atom is -0.368 e. The topological polar surface area (TPSA) is 29.3 Å². The van der Waals surface area contributed by atoms with Gasteiger partial charge in [0.1, 0.15) is 0 Å². The van der Waals surface area contributed by atoms with Crippen molar-refractivity contribution in [3.05, 3.63) is 28.8 Å². The predicted octanol–water partition coefficient (Wildman–Crippen LogP) is 4.59. The van der Waals surface area contributed by atoms with E-state index < -0.39 is 0 Å². The van der Waals surface area contributed by atoms with Gasteiger partial charge in [-0.2, -0.15) is 0 Å². The molecule has 1 fully saturated rings. The van der Waals surface area contributed by atoms with Gasteiger partial charge in [-0.15, -0.1) is 0 Å². The number of anilines is 1. The van der Waals surface area contributed by atoms with E-state index >= 15 is 0 Å². The Kier molecular flexibility index (Phi) is 5.74. The summed E-state index contributed by atoms with van der Waals surface area (Å²) in [6.45, 7) is 6.26. The molecule has 2 N–H and O–H groups in total. The number of nitrogens with zero attached hydrogens (tertiary/aromatic N) is 1.